The third-order valence-corrected chi connectivity index (χ3v) is 3.97. The highest BCUT2D eigenvalue weighted by molar-refractivity contribution is 6.30. The topological polar surface area (TPSA) is 80.3 Å². The highest BCUT2D eigenvalue weighted by atomic mass is 35.5. The van der Waals surface area contributed by atoms with Crippen LogP contribution >= 0.6 is 11.6 Å². The maximum Gasteiger partial charge on any atom is 0.257 e. The molecule has 7 heteroatoms. The smallest absolute Gasteiger partial charge is 0.257 e. The highest BCUT2D eigenvalue weighted by Gasteiger charge is 2.13. The molecule has 136 valence electrons. The standard InChI is InChI=1S/C20H16ClN3O3/c1-27-18-5-3-2-4-17(18)24-20(26)14-10-13(11-22-12-14)19(25)23-16-8-6-15(21)7-9-16/h2-12H,1H3,(H,23,25)(H,24,26). The van der Waals surface area contributed by atoms with Crippen LogP contribution in [0.5, 0.6) is 5.75 Å². The zero-order valence-corrected chi connectivity index (χ0v) is 15.2. The largest absolute Gasteiger partial charge is 0.495 e. The Morgan fingerprint density at radius 2 is 1.56 bits per heavy atom. The Bertz CT molecular complexity index is 974. The third kappa shape index (κ3) is 4.62. The van der Waals surface area contributed by atoms with Crippen LogP contribution in [-0.2, 0) is 0 Å². The lowest BCUT2D eigenvalue weighted by atomic mass is 10.1. The van der Waals surface area contributed by atoms with Gasteiger partial charge in [-0.25, -0.2) is 0 Å². The number of methoxy groups -OCH3 is 1. The Morgan fingerprint density at radius 3 is 2.22 bits per heavy atom. The minimum absolute atomic E-state index is 0.254. The van der Waals surface area contributed by atoms with Crippen molar-refractivity contribution in [3.63, 3.8) is 0 Å². The summed E-state index contributed by atoms with van der Waals surface area (Å²) in [6.07, 6.45) is 2.79. The number of ether oxygens (including phenoxy) is 1. The maximum atomic E-state index is 12.5. The monoisotopic (exact) mass is 381 g/mol. The fraction of sp³-hybridized carbons (Fsp3) is 0.0500. The number of halogens is 1. The van der Waals surface area contributed by atoms with Crippen molar-refractivity contribution >= 4 is 34.8 Å². The lowest BCUT2D eigenvalue weighted by Crippen LogP contribution is -2.16. The molecule has 0 aliphatic rings. The number of nitrogens with one attached hydrogen (secondary N) is 2. The van der Waals surface area contributed by atoms with Gasteiger partial charge in [0.2, 0.25) is 0 Å². The number of hydrogen-bond donors (Lipinski definition) is 2. The van der Waals surface area contributed by atoms with Crippen LogP contribution in [0.1, 0.15) is 20.7 Å². The van der Waals surface area contributed by atoms with Gasteiger partial charge >= 0.3 is 0 Å². The van der Waals surface area contributed by atoms with Gasteiger partial charge < -0.3 is 15.4 Å². The van der Waals surface area contributed by atoms with Crippen LogP contribution in [-0.4, -0.2) is 23.9 Å². The first-order valence-corrected chi connectivity index (χ1v) is 8.41. The van der Waals surface area contributed by atoms with E-state index in [4.69, 9.17) is 16.3 Å². The maximum absolute atomic E-state index is 12.5. The predicted octanol–water partition coefficient (Wildman–Crippen LogP) is 4.25. The van der Waals surface area contributed by atoms with E-state index in [1.54, 1.807) is 48.5 Å². The molecule has 2 amide bonds. The molecule has 0 fully saturated rings. The number of anilines is 2. The summed E-state index contributed by atoms with van der Waals surface area (Å²) >= 11 is 5.83. The summed E-state index contributed by atoms with van der Waals surface area (Å²) in [4.78, 5) is 28.9. The van der Waals surface area contributed by atoms with Gasteiger partial charge in [-0.2, -0.15) is 0 Å². The summed E-state index contributed by atoms with van der Waals surface area (Å²) in [7, 11) is 1.52. The molecule has 27 heavy (non-hydrogen) atoms. The number of nitrogens with zero attached hydrogens (tertiary/aromatic N) is 1. The Hall–Kier alpha value is -3.38. The van der Waals surface area contributed by atoms with Gasteiger partial charge in [-0.1, -0.05) is 23.7 Å². The molecular formula is C20H16ClN3O3. The van der Waals surface area contributed by atoms with E-state index >= 15 is 0 Å². The summed E-state index contributed by atoms with van der Waals surface area (Å²) in [5.74, 6) is -0.236. The molecule has 0 spiro atoms. The molecule has 3 rings (SSSR count). The molecule has 0 atom stereocenters. The molecule has 0 radical (unpaired) electrons. The summed E-state index contributed by atoms with van der Waals surface area (Å²) in [5.41, 5.74) is 1.64. The van der Waals surface area contributed by atoms with Gasteiger partial charge in [0.05, 0.1) is 23.9 Å². The molecule has 0 bridgehead atoms. The Kier molecular flexibility index (Phi) is 5.68. The van der Waals surface area contributed by atoms with Crippen LogP contribution in [0.3, 0.4) is 0 Å². The van der Waals surface area contributed by atoms with Crippen LogP contribution < -0.4 is 15.4 Å². The Balaban J connectivity index is 1.75. The van der Waals surface area contributed by atoms with Crippen molar-refractivity contribution in [1.29, 1.82) is 0 Å². The number of aromatic nitrogens is 1. The molecule has 1 aromatic heterocycles. The number of para-hydroxylation sites is 2. The molecule has 1 heterocycles. The fourth-order valence-corrected chi connectivity index (χ4v) is 2.49. The molecule has 0 aliphatic heterocycles. The highest BCUT2D eigenvalue weighted by Crippen LogP contribution is 2.23. The lowest BCUT2D eigenvalue weighted by Gasteiger charge is -2.10. The van der Waals surface area contributed by atoms with Gasteiger partial charge in [-0.3, -0.25) is 14.6 Å². The summed E-state index contributed by atoms with van der Waals surface area (Å²) in [6, 6.07) is 15.2. The number of benzene rings is 2. The van der Waals surface area contributed by atoms with Crippen LogP contribution in [0, 0.1) is 0 Å². The van der Waals surface area contributed by atoms with Crippen molar-refractivity contribution in [1.82, 2.24) is 4.98 Å². The third-order valence-electron chi connectivity index (χ3n) is 3.72. The zero-order chi connectivity index (χ0) is 19.2. The first-order valence-electron chi connectivity index (χ1n) is 8.03. The minimum Gasteiger partial charge on any atom is -0.495 e. The molecule has 0 saturated carbocycles. The number of rotatable bonds is 5. The van der Waals surface area contributed by atoms with Gasteiger partial charge in [0.15, 0.2) is 0 Å². The second kappa shape index (κ2) is 8.33. The van der Waals surface area contributed by atoms with Gasteiger partial charge in [-0.15, -0.1) is 0 Å². The van der Waals surface area contributed by atoms with E-state index in [0.717, 1.165) is 0 Å². The van der Waals surface area contributed by atoms with Crippen molar-refractivity contribution in [3.05, 3.63) is 83.1 Å². The van der Waals surface area contributed by atoms with Gasteiger partial charge in [0.25, 0.3) is 11.8 Å². The average Bonchev–Trinajstić information content (AvgIpc) is 2.70. The van der Waals surface area contributed by atoms with Crippen molar-refractivity contribution < 1.29 is 14.3 Å². The number of amides is 2. The van der Waals surface area contributed by atoms with Crippen molar-refractivity contribution in [2.24, 2.45) is 0 Å². The fourth-order valence-electron chi connectivity index (χ4n) is 2.37. The van der Waals surface area contributed by atoms with Gasteiger partial charge in [-0.05, 0) is 42.5 Å². The quantitative estimate of drug-likeness (QED) is 0.692. The van der Waals surface area contributed by atoms with Gasteiger partial charge in [0, 0.05) is 23.1 Å². The minimum atomic E-state index is -0.395. The SMILES string of the molecule is COc1ccccc1NC(=O)c1cncc(C(=O)Nc2ccc(Cl)cc2)c1. The number of carbonyl (C=O) groups excluding carboxylic acids is 2. The van der Waals surface area contributed by atoms with Crippen molar-refractivity contribution in [2.45, 2.75) is 0 Å². The van der Waals surface area contributed by atoms with Crippen molar-refractivity contribution in [3.8, 4) is 5.75 Å². The van der Waals surface area contributed by atoms with E-state index in [1.165, 1.54) is 25.6 Å². The van der Waals surface area contributed by atoms with Crippen LogP contribution in [0.15, 0.2) is 67.0 Å². The second-order valence-electron chi connectivity index (χ2n) is 5.58. The average molecular weight is 382 g/mol. The Morgan fingerprint density at radius 1 is 0.926 bits per heavy atom. The molecule has 0 aliphatic carbocycles. The zero-order valence-electron chi connectivity index (χ0n) is 14.4. The molecular weight excluding hydrogens is 366 g/mol. The van der Waals surface area contributed by atoms with Crippen LogP contribution in [0.4, 0.5) is 11.4 Å². The summed E-state index contributed by atoms with van der Waals surface area (Å²) in [6.45, 7) is 0. The van der Waals surface area contributed by atoms with E-state index in [9.17, 15) is 9.59 Å². The summed E-state index contributed by atoms with van der Waals surface area (Å²) in [5, 5.41) is 6.05. The second-order valence-corrected chi connectivity index (χ2v) is 6.01. The normalized spacial score (nSPS) is 10.1. The molecule has 3 aromatic rings. The number of carbonyl (C=O) groups is 2. The lowest BCUT2D eigenvalue weighted by molar-refractivity contribution is 0.102. The van der Waals surface area contributed by atoms with E-state index < -0.39 is 5.91 Å². The molecule has 0 saturated heterocycles. The van der Waals surface area contributed by atoms with E-state index in [2.05, 4.69) is 15.6 Å². The summed E-state index contributed by atoms with van der Waals surface area (Å²) < 4.78 is 5.21. The number of pyridine rings is 1. The molecule has 2 aromatic carbocycles. The number of hydrogen-bond acceptors (Lipinski definition) is 4. The van der Waals surface area contributed by atoms with E-state index in [-0.39, 0.29) is 17.0 Å². The Labute approximate surface area is 161 Å². The first kappa shape index (κ1) is 18.4. The van der Waals surface area contributed by atoms with Gasteiger partial charge in [0.1, 0.15) is 5.75 Å². The molecule has 6 nitrogen and oxygen atoms in total. The first-order chi connectivity index (χ1) is 13.1. The van der Waals surface area contributed by atoms with Crippen LogP contribution in [0.25, 0.3) is 0 Å². The molecule has 0 unspecified atom stereocenters. The van der Waals surface area contributed by atoms with E-state index in [1.807, 2.05) is 0 Å². The van der Waals surface area contributed by atoms with Crippen LogP contribution in [0.2, 0.25) is 5.02 Å². The molecule has 2 N–H and O–H groups in total. The van der Waals surface area contributed by atoms with Crippen molar-refractivity contribution in [2.75, 3.05) is 17.7 Å². The van der Waals surface area contributed by atoms with E-state index in [0.29, 0.717) is 22.1 Å². The predicted molar refractivity (Wildman–Crippen MR) is 105 cm³/mol.